The van der Waals surface area contributed by atoms with Crippen LogP contribution in [0.5, 0.6) is 5.75 Å². The zero-order valence-electron chi connectivity index (χ0n) is 17.1. The fraction of sp³-hybridized carbons (Fsp3) is 0.304. The molecule has 0 radical (unpaired) electrons. The number of rotatable bonds is 5. The van der Waals surface area contributed by atoms with Crippen LogP contribution in [0.2, 0.25) is 0 Å². The van der Waals surface area contributed by atoms with Crippen LogP contribution in [-0.4, -0.2) is 35.7 Å². The topological polar surface area (TPSA) is 67.9 Å². The Balaban J connectivity index is 1.98. The molecule has 0 spiro atoms. The molecule has 2 aromatic rings. The Morgan fingerprint density at radius 3 is 2.38 bits per heavy atom. The van der Waals surface area contributed by atoms with E-state index < -0.39 is 23.6 Å². The number of para-hydroxylation sites is 2. The maximum atomic E-state index is 12.8. The molecule has 1 heterocycles. The Morgan fingerprint density at radius 2 is 1.72 bits per heavy atom. The van der Waals surface area contributed by atoms with Gasteiger partial charge in [0.05, 0.1) is 24.9 Å². The number of hydrogen-bond acceptors (Lipinski definition) is 5. The predicted molar refractivity (Wildman–Crippen MR) is 112 cm³/mol. The molecule has 2 aromatic carbocycles. The van der Waals surface area contributed by atoms with Crippen LogP contribution in [0.4, 0.5) is 10.5 Å². The molecule has 1 N–H and O–H groups in total. The first-order valence-corrected chi connectivity index (χ1v) is 9.49. The molecule has 0 bridgehead atoms. The molecule has 0 unspecified atom stereocenters. The second-order valence-electron chi connectivity index (χ2n) is 7.77. The largest absolute Gasteiger partial charge is 0.495 e. The molecule has 0 aliphatic carbocycles. The molecule has 6 nitrogen and oxygen atoms in total. The Labute approximate surface area is 171 Å². The average Bonchev–Trinajstić information content (AvgIpc) is 3.07. The summed E-state index contributed by atoms with van der Waals surface area (Å²) in [5, 5.41) is 3.45. The van der Waals surface area contributed by atoms with Gasteiger partial charge in [0.1, 0.15) is 11.4 Å². The van der Waals surface area contributed by atoms with Crippen molar-refractivity contribution in [1.29, 1.82) is 0 Å². The lowest BCUT2D eigenvalue weighted by Crippen LogP contribution is -2.46. The fourth-order valence-electron chi connectivity index (χ4n) is 3.23. The number of methoxy groups -OCH3 is 1. The van der Waals surface area contributed by atoms with Crippen molar-refractivity contribution < 1.29 is 19.1 Å². The summed E-state index contributed by atoms with van der Waals surface area (Å²) in [5.74, 6) is 0.276. The van der Waals surface area contributed by atoms with Crippen molar-refractivity contribution in [1.82, 2.24) is 4.90 Å². The minimum absolute atomic E-state index is 0.386. The van der Waals surface area contributed by atoms with Gasteiger partial charge in [-0.05, 0) is 38.5 Å². The maximum absolute atomic E-state index is 12.8. The summed E-state index contributed by atoms with van der Waals surface area (Å²) in [6, 6.07) is 16.3. The number of ether oxygens (including phenoxy) is 2. The first-order valence-electron chi connectivity index (χ1n) is 9.49. The highest BCUT2D eigenvalue weighted by atomic mass is 16.6. The number of amides is 2. The lowest BCUT2D eigenvalue weighted by molar-refractivity contribution is -0.125. The van der Waals surface area contributed by atoms with Crippen LogP contribution in [0, 0.1) is 0 Å². The minimum atomic E-state index is -0.706. The first kappa shape index (κ1) is 20.5. The third kappa shape index (κ3) is 4.77. The van der Waals surface area contributed by atoms with Crippen molar-refractivity contribution in [2.24, 2.45) is 0 Å². The van der Waals surface area contributed by atoms with Crippen LogP contribution in [0.3, 0.4) is 0 Å². The van der Waals surface area contributed by atoms with Crippen molar-refractivity contribution in [2.75, 3.05) is 12.4 Å². The van der Waals surface area contributed by atoms with Gasteiger partial charge in [-0.3, -0.25) is 4.79 Å². The van der Waals surface area contributed by atoms with E-state index in [0.717, 1.165) is 16.2 Å². The summed E-state index contributed by atoms with van der Waals surface area (Å²) >= 11 is 0. The maximum Gasteiger partial charge on any atom is 0.417 e. The van der Waals surface area contributed by atoms with Gasteiger partial charge >= 0.3 is 6.09 Å². The lowest BCUT2D eigenvalue weighted by atomic mass is 9.98. The third-order valence-corrected chi connectivity index (χ3v) is 4.48. The zero-order valence-corrected chi connectivity index (χ0v) is 17.1. The van der Waals surface area contributed by atoms with Gasteiger partial charge in [0.2, 0.25) is 0 Å². The third-order valence-electron chi connectivity index (χ3n) is 4.48. The van der Waals surface area contributed by atoms with Gasteiger partial charge in [0, 0.05) is 6.08 Å². The molecule has 0 aromatic heterocycles. The van der Waals surface area contributed by atoms with Crippen molar-refractivity contribution in [3.05, 3.63) is 72.3 Å². The van der Waals surface area contributed by atoms with E-state index in [-0.39, 0.29) is 6.04 Å². The zero-order chi connectivity index (χ0) is 21.0. The number of nitrogens with one attached hydrogen (secondary N) is 1. The Kier molecular flexibility index (Phi) is 5.92. The fourth-order valence-corrected chi connectivity index (χ4v) is 3.23. The van der Waals surface area contributed by atoms with Crippen LogP contribution in [0.15, 0.2) is 66.7 Å². The second-order valence-corrected chi connectivity index (χ2v) is 7.77. The highest BCUT2D eigenvalue weighted by molar-refractivity contribution is 6.01. The van der Waals surface area contributed by atoms with Crippen LogP contribution in [0.1, 0.15) is 32.4 Å². The minimum Gasteiger partial charge on any atom is -0.495 e. The molecule has 2 atom stereocenters. The smallest absolute Gasteiger partial charge is 0.417 e. The number of hydrogen-bond donors (Lipinski definition) is 1. The molecular formula is C23H26N2O4. The van der Waals surface area contributed by atoms with Gasteiger partial charge in [0.15, 0.2) is 0 Å². The highest BCUT2D eigenvalue weighted by Gasteiger charge is 2.40. The molecule has 0 saturated heterocycles. The summed E-state index contributed by atoms with van der Waals surface area (Å²) in [5.41, 5.74) is 0.986. The van der Waals surface area contributed by atoms with Crippen molar-refractivity contribution in [3.63, 3.8) is 0 Å². The standard InChI is InChI=1S/C23H26N2O4/c1-23(2,3)29-22(27)25-18(14-15-20(25)26)21(16-10-6-5-7-11-16)24-17-12-8-9-13-19(17)28-4/h5-15,18,21,24H,1-4H3/t18-,21+/m0/s1. The van der Waals surface area contributed by atoms with Gasteiger partial charge < -0.3 is 14.8 Å². The summed E-state index contributed by atoms with van der Waals surface area (Å²) in [7, 11) is 1.60. The van der Waals surface area contributed by atoms with E-state index in [1.807, 2.05) is 54.6 Å². The molecule has 1 aliphatic heterocycles. The number of imide groups is 1. The molecule has 0 fully saturated rings. The van der Waals surface area contributed by atoms with E-state index >= 15 is 0 Å². The van der Waals surface area contributed by atoms with E-state index in [1.165, 1.54) is 6.08 Å². The van der Waals surface area contributed by atoms with Crippen molar-refractivity contribution >= 4 is 17.7 Å². The first-order chi connectivity index (χ1) is 13.8. The monoisotopic (exact) mass is 394 g/mol. The van der Waals surface area contributed by atoms with E-state index in [1.54, 1.807) is 34.0 Å². The number of carbonyl (C=O) groups excluding carboxylic acids is 2. The van der Waals surface area contributed by atoms with Gasteiger partial charge in [-0.15, -0.1) is 0 Å². The SMILES string of the molecule is COc1ccccc1N[C@H](c1ccccc1)[C@@H]1C=CC(=O)N1C(=O)OC(C)(C)C. The number of benzene rings is 2. The summed E-state index contributed by atoms with van der Waals surface area (Å²) < 4.78 is 10.9. The van der Waals surface area contributed by atoms with Crippen LogP contribution in [-0.2, 0) is 9.53 Å². The predicted octanol–water partition coefficient (Wildman–Crippen LogP) is 4.55. The average molecular weight is 394 g/mol. The van der Waals surface area contributed by atoms with E-state index in [9.17, 15) is 9.59 Å². The molecule has 0 saturated carbocycles. The Hall–Kier alpha value is -3.28. The van der Waals surface area contributed by atoms with Gasteiger partial charge in [-0.1, -0.05) is 48.5 Å². The molecule has 6 heteroatoms. The molecule has 2 amide bonds. The van der Waals surface area contributed by atoms with Crippen molar-refractivity contribution in [2.45, 2.75) is 38.5 Å². The Bertz CT molecular complexity index is 903. The summed E-state index contributed by atoms with van der Waals surface area (Å²) in [4.78, 5) is 26.5. The molecule has 29 heavy (non-hydrogen) atoms. The van der Waals surface area contributed by atoms with Crippen molar-refractivity contribution in [3.8, 4) is 5.75 Å². The quantitative estimate of drug-likeness (QED) is 0.806. The lowest BCUT2D eigenvalue weighted by Gasteiger charge is -2.33. The van der Waals surface area contributed by atoms with E-state index in [2.05, 4.69) is 5.32 Å². The van der Waals surface area contributed by atoms with E-state index in [4.69, 9.17) is 9.47 Å². The van der Waals surface area contributed by atoms with E-state index in [0.29, 0.717) is 5.75 Å². The molecule has 152 valence electrons. The molecular weight excluding hydrogens is 368 g/mol. The van der Waals surface area contributed by atoms with Crippen LogP contribution >= 0.6 is 0 Å². The summed E-state index contributed by atoms with van der Waals surface area (Å²) in [6.07, 6.45) is 2.47. The number of anilines is 1. The molecule has 3 rings (SSSR count). The van der Waals surface area contributed by atoms with Gasteiger partial charge in [0.25, 0.3) is 5.91 Å². The second kappa shape index (κ2) is 8.39. The van der Waals surface area contributed by atoms with Crippen LogP contribution < -0.4 is 10.1 Å². The number of carbonyl (C=O) groups is 2. The highest BCUT2D eigenvalue weighted by Crippen LogP contribution is 2.34. The van der Waals surface area contributed by atoms with Gasteiger partial charge in [-0.2, -0.15) is 0 Å². The summed E-state index contributed by atoms with van der Waals surface area (Å²) in [6.45, 7) is 5.32. The van der Waals surface area contributed by atoms with Crippen LogP contribution in [0.25, 0.3) is 0 Å². The normalized spacial score (nSPS) is 17.2. The number of nitrogens with zero attached hydrogens (tertiary/aromatic N) is 1. The van der Waals surface area contributed by atoms with Gasteiger partial charge in [-0.25, -0.2) is 9.69 Å². The Morgan fingerprint density at radius 1 is 1.07 bits per heavy atom. The molecule has 1 aliphatic rings.